The largest absolute Gasteiger partial charge is 0.382 e. The molecule has 6 heteroatoms. The van der Waals surface area contributed by atoms with Crippen molar-refractivity contribution >= 4 is 29.2 Å². The zero-order chi connectivity index (χ0) is 9.30. The highest BCUT2D eigenvalue weighted by atomic mass is 35.5. The molecule has 0 aromatic carbocycles. The van der Waals surface area contributed by atoms with Crippen LogP contribution in [0, 0.1) is 0 Å². The summed E-state index contributed by atoms with van der Waals surface area (Å²) < 4.78 is 0. The molecular formula is C6H10ClN5. The van der Waals surface area contributed by atoms with Gasteiger partial charge in [0.05, 0.1) is 0 Å². The maximum atomic E-state index is 5.81. The van der Waals surface area contributed by atoms with Crippen molar-refractivity contribution in [2.24, 2.45) is 0 Å². The summed E-state index contributed by atoms with van der Waals surface area (Å²) in [5.74, 6) is 0.857. The lowest BCUT2D eigenvalue weighted by Crippen LogP contribution is -2.14. The van der Waals surface area contributed by atoms with E-state index in [9.17, 15) is 0 Å². The standard InChI is InChI=1S/C6H10ClN5/c1-12(2)5-3(7)4(8)10-6(9)11-5/h1-2H3,(H4,8,9,10,11). The summed E-state index contributed by atoms with van der Waals surface area (Å²) >= 11 is 5.81. The molecule has 0 fully saturated rings. The van der Waals surface area contributed by atoms with Crippen molar-refractivity contribution in [1.82, 2.24) is 9.97 Å². The van der Waals surface area contributed by atoms with Gasteiger partial charge in [-0.05, 0) is 0 Å². The van der Waals surface area contributed by atoms with Crippen molar-refractivity contribution in [2.45, 2.75) is 0 Å². The number of nitrogens with zero attached hydrogens (tertiary/aromatic N) is 3. The van der Waals surface area contributed by atoms with E-state index >= 15 is 0 Å². The van der Waals surface area contributed by atoms with Gasteiger partial charge in [0.2, 0.25) is 5.95 Å². The molecule has 1 heterocycles. The summed E-state index contributed by atoms with van der Waals surface area (Å²) in [6.45, 7) is 0. The lowest BCUT2D eigenvalue weighted by atomic mass is 10.5. The first-order chi connectivity index (χ1) is 5.52. The highest BCUT2D eigenvalue weighted by molar-refractivity contribution is 6.35. The van der Waals surface area contributed by atoms with Crippen molar-refractivity contribution in [3.63, 3.8) is 0 Å². The molecule has 0 amide bonds. The minimum Gasteiger partial charge on any atom is -0.382 e. The maximum Gasteiger partial charge on any atom is 0.224 e. The number of halogens is 1. The van der Waals surface area contributed by atoms with E-state index in [1.165, 1.54) is 0 Å². The van der Waals surface area contributed by atoms with Crippen LogP contribution in [-0.2, 0) is 0 Å². The van der Waals surface area contributed by atoms with Crippen LogP contribution in [0.1, 0.15) is 0 Å². The van der Waals surface area contributed by atoms with Crippen molar-refractivity contribution in [3.05, 3.63) is 5.02 Å². The van der Waals surface area contributed by atoms with E-state index in [4.69, 9.17) is 23.1 Å². The van der Waals surface area contributed by atoms with Crippen molar-refractivity contribution < 1.29 is 0 Å². The summed E-state index contributed by atoms with van der Waals surface area (Å²) in [5, 5.41) is 0.328. The minimum absolute atomic E-state index is 0.126. The molecule has 4 N–H and O–H groups in total. The predicted octanol–water partition coefficient (Wildman–Crippen LogP) is 0.360. The van der Waals surface area contributed by atoms with Crippen LogP contribution >= 0.6 is 11.6 Å². The molecule has 1 aromatic rings. The first kappa shape index (κ1) is 8.86. The van der Waals surface area contributed by atoms with Crippen LogP contribution in [0.15, 0.2) is 0 Å². The number of rotatable bonds is 1. The Hall–Kier alpha value is -1.23. The lowest BCUT2D eigenvalue weighted by Gasteiger charge is -2.13. The average Bonchev–Trinajstić information content (AvgIpc) is 1.96. The predicted molar refractivity (Wildman–Crippen MR) is 50.2 cm³/mol. The molecule has 12 heavy (non-hydrogen) atoms. The molecule has 5 nitrogen and oxygen atoms in total. The highest BCUT2D eigenvalue weighted by Crippen LogP contribution is 2.26. The number of nitrogens with two attached hydrogens (primary N) is 2. The number of hydrogen-bond donors (Lipinski definition) is 2. The van der Waals surface area contributed by atoms with Gasteiger partial charge in [-0.15, -0.1) is 0 Å². The zero-order valence-electron chi connectivity index (χ0n) is 6.87. The second kappa shape index (κ2) is 3.02. The summed E-state index contributed by atoms with van der Waals surface area (Å²) in [6.07, 6.45) is 0. The van der Waals surface area contributed by atoms with Crippen LogP contribution in [0.4, 0.5) is 17.6 Å². The van der Waals surface area contributed by atoms with Crippen molar-refractivity contribution in [3.8, 4) is 0 Å². The Balaban J connectivity index is 3.28. The van der Waals surface area contributed by atoms with Crippen molar-refractivity contribution in [2.75, 3.05) is 30.5 Å². The third-order valence-corrected chi connectivity index (χ3v) is 1.66. The molecule has 0 aliphatic rings. The van der Waals surface area contributed by atoms with Gasteiger partial charge >= 0.3 is 0 Å². The minimum atomic E-state index is 0.126. The Bertz CT molecular complexity index is 298. The first-order valence-electron chi connectivity index (χ1n) is 3.28. The van der Waals surface area contributed by atoms with Gasteiger partial charge < -0.3 is 16.4 Å². The number of anilines is 3. The highest BCUT2D eigenvalue weighted by Gasteiger charge is 2.09. The lowest BCUT2D eigenvalue weighted by molar-refractivity contribution is 1.05. The molecule has 0 radical (unpaired) electrons. The zero-order valence-corrected chi connectivity index (χ0v) is 7.63. The smallest absolute Gasteiger partial charge is 0.224 e. The van der Waals surface area contributed by atoms with E-state index in [0.717, 1.165) is 0 Å². The number of hydrogen-bond acceptors (Lipinski definition) is 5. The average molecular weight is 188 g/mol. The van der Waals surface area contributed by atoms with E-state index in [0.29, 0.717) is 10.8 Å². The Labute approximate surface area is 75.3 Å². The Morgan fingerprint density at radius 3 is 2.33 bits per heavy atom. The van der Waals surface area contributed by atoms with Gasteiger partial charge in [-0.1, -0.05) is 11.6 Å². The monoisotopic (exact) mass is 187 g/mol. The maximum absolute atomic E-state index is 5.81. The Kier molecular flexibility index (Phi) is 2.23. The topological polar surface area (TPSA) is 81.1 Å². The molecule has 0 bridgehead atoms. The van der Waals surface area contributed by atoms with Crippen LogP contribution in [0.3, 0.4) is 0 Å². The van der Waals surface area contributed by atoms with Gasteiger partial charge in [0.25, 0.3) is 0 Å². The van der Waals surface area contributed by atoms with Gasteiger partial charge in [-0.25, -0.2) is 0 Å². The normalized spacial score (nSPS) is 9.92. The molecule has 0 aliphatic heterocycles. The van der Waals surface area contributed by atoms with Crippen LogP contribution < -0.4 is 16.4 Å². The Morgan fingerprint density at radius 2 is 1.83 bits per heavy atom. The molecule has 1 aromatic heterocycles. The van der Waals surface area contributed by atoms with Crippen LogP contribution in [0.5, 0.6) is 0 Å². The molecule has 0 aliphatic carbocycles. The molecule has 0 atom stereocenters. The van der Waals surface area contributed by atoms with Gasteiger partial charge in [0.15, 0.2) is 5.82 Å². The fourth-order valence-electron chi connectivity index (χ4n) is 0.766. The summed E-state index contributed by atoms with van der Waals surface area (Å²) in [7, 11) is 3.60. The first-order valence-corrected chi connectivity index (χ1v) is 3.66. The van der Waals surface area contributed by atoms with Gasteiger partial charge in [-0.2, -0.15) is 9.97 Å². The molecule has 0 unspecified atom stereocenters. The molecule has 0 saturated heterocycles. The van der Waals surface area contributed by atoms with Gasteiger partial charge in [-0.3, -0.25) is 0 Å². The molecule has 66 valence electrons. The van der Waals surface area contributed by atoms with E-state index in [2.05, 4.69) is 9.97 Å². The fourth-order valence-corrected chi connectivity index (χ4v) is 1.02. The van der Waals surface area contributed by atoms with Gasteiger partial charge in [0.1, 0.15) is 10.8 Å². The molecular weight excluding hydrogens is 178 g/mol. The third kappa shape index (κ3) is 1.50. The summed E-state index contributed by atoms with van der Waals surface area (Å²) in [4.78, 5) is 9.33. The summed E-state index contributed by atoms with van der Waals surface area (Å²) in [5.41, 5.74) is 10.8. The van der Waals surface area contributed by atoms with Crippen LogP contribution in [0.25, 0.3) is 0 Å². The van der Waals surface area contributed by atoms with E-state index in [1.807, 2.05) is 0 Å². The second-order valence-corrected chi connectivity index (χ2v) is 2.88. The SMILES string of the molecule is CN(C)c1nc(N)nc(N)c1Cl. The van der Waals surface area contributed by atoms with E-state index in [-0.39, 0.29) is 11.8 Å². The quantitative estimate of drug-likeness (QED) is 0.664. The van der Waals surface area contributed by atoms with Crippen LogP contribution in [-0.4, -0.2) is 24.1 Å². The van der Waals surface area contributed by atoms with E-state index in [1.54, 1.807) is 19.0 Å². The molecule has 0 spiro atoms. The molecule has 0 saturated carbocycles. The molecule has 1 rings (SSSR count). The Morgan fingerprint density at radius 1 is 1.25 bits per heavy atom. The second-order valence-electron chi connectivity index (χ2n) is 2.50. The number of nitrogen functional groups attached to an aromatic ring is 2. The number of aromatic nitrogens is 2. The van der Waals surface area contributed by atoms with E-state index < -0.39 is 0 Å². The third-order valence-electron chi connectivity index (χ3n) is 1.30. The van der Waals surface area contributed by atoms with Gasteiger partial charge in [0, 0.05) is 14.1 Å². The van der Waals surface area contributed by atoms with Crippen molar-refractivity contribution in [1.29, 1.82) is 0 Å². The summed E-state index contributed by atoms with van der Waals surface area (Å²) in [6, 6.07) is 0. The fraction of sp³-hybridized carbons (Fsp3) is 0.333. The van der Waals surface area contributed by atoms with Crippen LogP contribution in [0.2, 0.25) is 5.02 Å².